The number of ether oxygens (including phenoxy) is 1. The first-order chi connectivity index (χ1) is 13.1. The number of amides is 1. The highest BCUT2D eigenvalue weighted by molar-refractivity contribution is 6.02. The van der Waals surface area contributed by atoms with E-state index in [1.54, 1.807) is 48.7 Å². The quantitative estimate of drug-likeness (QED) is 0.621. The molecule has 3 rings (SSSR count). The average Bonchev–Trinajstić information content (AvgIpc) is 3.19. The van der Waals surface area contributed by atoms with Crippen molar-refractivity contribution in [2.75, 3.05) is 11.9 Å². The van der Waals surface area contributed by atoms with Gasteiger partial charge in [0, 0.05) is 17.5 Å². The number of hydrogen-bond acceptors (Lipinski definition) is 5. The van der Waals surface area contributed by atoms with E-state index in [0.717, 1.165) is 5.56 Å². The van der Waals surface area contributed by atoms with E-state index in [4.69, 9.17) is 9.15 Å². The van der Waals surface area contributed by atoms with Gasteiger partial charge < -0.3 is 19.6 Å². The number of aliphatic imine (C=N–C) groups is 1. The number of phenols is 1. The fraction of sp³-hybridized carbons (Fsp3) is 0.143. The van der Waals surface area contributed by atoms with E-state index in [9.17, 15) is 9.90 Å². The highest BCUT2D eigenvalue weighted by Gasteiger charge is 2.10. The Morgan fingerprint density at radius 1 is 1.26 bits per heavy atom. The zero-order chi connectivity index (χ0) is 19.2. The molecule has 6 nitrogen and oxygen atoms in total. The number of anilines is 1. The van der Waals surface area contributed by atoms with Gasteiger partial charge in [-0.2, -0.15) is 0 Å². The summed E-state index contributed by atoms with van der Waals surface area (Å²) in [6.07, 6.45) is 3.03. The molecular formula is C21H20N2O4. The van der Waals surface area contributed by atoms with Gasteiger partial charge in [-0.05, 0) is 61.9 Å². The lowest BCUT2D eigenvalue weighted by Crippen LogP contribution is -2.11. The van der Waals surface area contributed by atoms with Crippen LogP contribution in [0.1, 0.15) is 28.6 Å². The minimum atomic E-state index is -0.308. The van der Waals surface area contributed by atoms with Crippen LogP contribution >= 0.6 is 0 Å². The number of rotatable bonds is 6. The van der Waals surface area contributed by atoms with Crippen LogP contribution in [0.5, 0.6) is 11.5 Å². The summed E-state index contributed by atoms with van der Waals surface area (Å²) in [6, 6.07) is 13.9. The van der Waals surface area contributed by atoms with Crippen molar-refractivity contribution >= 4 is 23.5 Å². The number of nitrogens with zero attached hydrogens (tertiary/aromatic N) is 1. The predicted octanol–water partition coefficient (Wildman–Crippen LogP) is 4.70. The van der Waals surface area contributed by atoms with Crippen LogP contribution in [0, 0.1) is 6.92 Å². The van der Waals surface area contributed by atoms with Crippen LogP contribution in [0.2, 0.25) is 0 Å². The first-order valence-corrected chi connectivity index (χ1v) is 8.53. The number of furan rings is 1. The van der Waals surface area contributed by atoms with Gasteiger partial charge in [-0.3, -0.25) is 9.79 Å². The Hall–Kier alpha value is -3.54. The number of aryl methyl sites for hydroxylation is 1. The van der Waals surface area contributed by atoms with Crippen LogP contribution in [0.3, 0.4) is 0 Å². The summed E-state index contributed by atoms with van der Waals surface area (Å²) in [5.74, 6) is 0.425. The van der Waals surface area contributed by atoms with Crippen molar-refractivity contribution in [1.82, 2.24) is 0 Å². The summed E-state index contributed by atoms with van der Waals surface area (Å²) in [5.41, 5.74) is 2.80. The Morgan fingerprint density at radius 3 is 2.81 bits per heavy atom. The third-order valence-corrected chi connectivity index (χ3v) is 3.89. The van der Waals surface area contributed by atoms with Crippen molar-refractivity contribution in [3.63, 3.8) is 0 Å². The highest BCUT2D eigenvalue weighted by Crippen LogP contribution is 2.29. The number of benzene rings is 2. The maximum absolute atomic E-state index is 12.1. The third kappa shape index (κ3) is 4.36. The summed E-state index contributed by atoms with van der Waals surface area (Å²) < 4.78 is 10.5. The number of para-hydroxylation sites is 1. The molecule has 2 N–H and O–H groups in total. The van der Waals surface area contributed by atoms with Crippen LogP contribution in [-0.4, -0.2) is 23.8 Å². The monoisotopic (exact) mass is 364 g/mol. The number of carbonyl (C=O) groups is 1. The molecule has 0 atom stereocenters. The summed E-state index contributed by atoms with van der Waals surface area (Å²) in [4.78, 5) is 16.5. The van der Waals surface area contributed by atoms with Crippen molar-refractivity contribution in [2.24, 2.45) is 4.99 Å². The largest absolute Gasteiger partial charge is 0.504 e. The van der Waals surface area contributed by atoms with Gasteiger partial charge in [-0.15, -0.1) is 0 Å². The first-order valence-electron chi connectivity index (χ1n) is 8.53. The number of hydrogen-bond donors (Lipinski definition) is 2. The number of aromatic hydroxyl groups is 1. The van der Waals surface area contributed by atoms with E-state index >= 15 is 0 Å². The molecule has 0 spiro atoms. The standard InChI is InChI=1S/C21H20N2O4/c1-3-26-18-7-4-6-15(20(18)24)13-22-16-9-10-17(14(2)12-16)23-21(25)19-8-5-11-27-19/h4-13,24H,3H2,1-2H3,(H,23,25). The summed E-state index contributed by atoms with van der Waals surface area (Å²) >= 11 is 0. The molecule has 2 aromatic carbocycles. The van der Waals surface area contributed by atoms with Crippen molar-refractivity contribution in [1.29, 1.82) is 0 Å². The lowest BCUT2D eigenvalue weighted by atomic mass is 10.1. The van der Waals surface area contributed by atoms with Crippen LogP contribution in [0.25, 0.3) is 0 Å². The Labute approximate surface area is 157 Å². The fourth-order valence-electron chi connectivity index (χ4n) is 2.52. The van der Waals surface area contributed by atoms with Gasteiger partial charge in [-0.1, -0.05) is 6.07 Å². The topological polar surface area (TPSA) is 84.1 Å². The van der Waals surface area contributed by atoms with E-state index in [2.05, 4.69) is 10.3 Å². The molecule has 3 aromatic rings. The molecule has 1 amide bonds. The zero-order valence-corrected chi connectivity index (χ0v) is 15.1. The van der Waals surface area contributed by atoms with Crippen molar-refractivity contribution < 1.29 is 19.1 Å². The van der Waals surface area contributed by atoms with Gasteiger partial charge in [0.2, 0.25) is 0 Å². The molecule has 0 aliphatic rings. The van der Waals surface area contributed by atoms with Gasteiger partial charge in [0.25, 0.3) is 5.91 Å². The molecule has 27 heavy (non-hydrogen) atoms. The van der Waals surface area contributed by atoms with E-state index in [1.165, 1.54) is 6.26 Å². The minimum absolute atomic E-state index is 0.0575. The maximum Gasteiger partial charge on any atom is 0.291 e. The lowest BCUT2D eigenvalue weighted by molar-refractivity contribution is 0.0996. The van der Waals surface area contributed by atoms with Crippen molar-refractivity contribution in [3.8, 4) is 11.5 Å². The Morgan fingerprint density at radius 2 is 2.11 bits per heavy atom. The van der Waals surface area contributed by atoms with E-state index < -0.39 is 0 Å². The summed E-state index contributed by atoms with van der Waals surface area (Å²) in [6.45, 7) is 4.21. The fourth-order valence-corrected chi connectivity index (χ4v) is 2.52. The number of nitrogens with one attached hydrogen (secondary N) is 1. The molecule has 0 bridgehead atoms. The molecule has 0 fully saturated rings. The molecule has 0 radical (unpaired) electrons. The van der Waals surface area contributed by atoms with E-state index in [1.807, 2.05) is 19.9 Å². The SMILES string of the molecule is CCOc1cccc(C=Nc2ccc(NC(=O)c3ccco3)c(C)c2)c1O. The molecule has 1 aromatic heterocycles. The normalized spacial score (nSPS) is 10.9. The van der Waals surface area contributed by atoms with Crippen molar-refractivity contribution in [3.05, 3.63) is 71.7 Å². The molecule has 0 saturated carbocycles. The van der Waals surface area contributed by atoms with Crippen LogP contribution in [0.4, 0.5) is 11.4 Å². The molecule has 0 aliphatic heterocycles. The van der Waals surface area contributed by atoms with Gasteiger partial charge in [0.15, 0.2) is 17.3 Å². The zero-order valence-electron chi connectivity index (χ0n) is 15.1. The lowest BCUT2D eigenvalue weighted by Gasteiger charge is -2.08. The molecule has 1 heterocycles. The Kier molecular flexibility index (Phi) is 5.56. The Balaban J connectivity index is 1.75. The smallest absolute Gasteiger partial charge is 0.291 e. The molecule has 138 valence electrons. The second-order valence-electron chi connectivity index (χ2n) is 5.82. The summed E-state index contributed by atoms with van der Waals surface area (Å²) in [5, 5.41) is 13.0. The molecular weight excluding hydrogens is 344 g/mol. The van der Waals surface area contributed by atoms with Crippen LogP contribution in [-0.2, 0) is 0 Å². The maximum atomic E-state index is 12.1. The number of phenolic OH excluding ortho intramolecular Hbond substituents is 1. The van der Waals surface area contributed by atoms with E-state index in [-0.39, 0.29) is 17.4 Å². The van der Waals surface area contributed by atoms with Crippen LogP contribution < -0.4 is 10.1 Å². The average molecular weight is 364 g/mol. The second-order valence-corrected chi connectivity index (χ2v) is 5.82. The minimum Gasteiger partial charge on any atom is -0.504 e. The molecule has 6 heteroatoms. The highest BCUT2D eigenvalue weighted by atomic mass is 16.5. The summed E-state index contributed by atoms with van der Waals surface area (Å²) in [7, 11) is 0. The van der Waals surface area contributed by atoms with E-state index in [0.29, 0.717) is 29.3 Å². The predicted molar refractivity (Wildman–Crippen MR) is 104 cm³/mol. The number of carbonyl (C=O) groups excluding carboxylic acids is 1. The third-order valence-electron chi connectivity index (χ3n) is 3.89. The van der Waals surface area contributed by atoms with Gasteiger partial charge >= 0.3 is 0 Å². The molecule has 0 aliphatic carbocycles. The molecule has 0 saturated heterocycles. The second kappa shape index (κ2) is 8.23. The van der Waals surface area contributed by atoms with Crippen LogP contribution in [0.15, 0.2) is 64.2 Å². The van der Waals surface area contributed by atoms with Gasteiger partial charge in [0.05, 0.1) is 18.6 Å². The molecule has 0 unspecified atom stereocenters. The van der Waals surface area contributed by atoms with Crippen molar-refractivity contribution in [2.45, 2.75) is 13.8 Å². The van der Waals surface area contributed by atoms with Gasteiger partial charge in [0.1, 0.15) is 0 Å². The van der Waals surface area contributed by atoms with Gasteiger partial charge in [-0.25, -0.2) is 0 Å². The Bertz CT molecular complexity index is 962. The first kappa shape index (κ1) is 18.3.